The molecule has 1 aliphatic heterocycles. The minimum atomic E-state index is -0.386. The molecule has 2 rings (SSSR count). The average molecular weight is 323 g/mol. The fourth-order valence-corrected chi connectivity index (χ4v) is 2.36. The van der Waals surface area contributed by atoms with Gasteiger partial charge in [-0.1, -0.05) is 13.0 Å². The summed E-state index contributed by atoms with van der Waals surface area (Å²) in [5.41, 5.74) is 0.403. The summed E-state index contributed by atoms with van der Waals surface area (Å²) in [6.45, 7) is 6.82. The summed E-state index contributed by atoms with van der Waals surface area (Å²) < 4.78 is 21.6. The van der Waals surface area contributed by atoms with Gasteiger partial charge in [-0.25, -0.2) is 4.79 Å². The number of rotatable bonds is 8. The molecule has 0 radical (unpaired) electrons. The quantitative estimate of drug-likeness (QED) is 0.682. The van der Waals surface area contributed by atoms with E-state index in [2.05, 4.69) is 4.90 Å². The zero-order valence-corrected chi connectivity index (χ0v) is 13.9. The number of ether oxygens (including phenoxy) is 4. The first kappa shape index (κ1) is 17.6. The van der Waals surface area contributed by atoms with Crippen LogP contribution in [0.3, 0.4) is 0 Å². The molecule has 1 fully saturated rings. The summed E-state index contributed by atoms with van der Waals surface area (Å²) in [6, 6.07) is 5.23. The van der Waals surface area contributed by atoms with Crippen LogP contribution in [0.2, 0.25) is 0 Å². The third-order valence-electron chi connectivity index (χ3n) is 3.61. The highest BCUT2D eigenvalue weighted by molar-refractivity contribution is 5.93. The maximum Gasteiger partial charge on any atom is 0.342 e. The standard InChI is InChI=1S/C17H25NO5/c1-3-10-22-16-14(5-4-6-15(16)20-2)17(19)23-13-9-18-7-11-21-12-8-18/h4-6H,3,7-13H2,1-2H3. The number of morpholine rings is 1. The molecule has 0 aliphatic carbocycles. The van der Waals surface area contributed by atoms with Crippen LogP contribution in [0.1, 0.15) is 23.7 Å². The van der Waals surface area contributed by atoms with Gasteiger partial charge >= 0.3 is 5.97 Å². The van der Waals surface area contributed by atoms with Gasteiger partial charge in [-0.2, -0.15) is 0 Å². The highest BCUT2D eigenvalue weighted by Crippen LogP contribution is 2.31. The number of benzene rings is 1. The van der Waals surface area contributed by atoms with Crippen LogP contribution in [-0.4, -0.2) is 64.0 Å². The molecule has 1 aromatic rings. The van der Waals surface area contributed by atoms with Gasteiger partial charge in [-0.15, -0.1) is 0 Å². The molecule has 0 aromatic heterocycles. The van der Waals surface area contributed by atoms with Crippen molar-refractivity contribution in [2.75, 3.05) is 53.2 Å². The van der Waals surface area contributed by atoms with Crippen LogP contribution in [0.5, 0.6) is 11.5 Å². The van der Waals surface area contributed by atoms with E-state index in [0.29, 0.717) is 36.8 Å². The van der Waals surface area contributed by atoms with E-state index in [0.717, 1.165) is 32.7 Å². The van der Waals surface area contributed by atoms with Crippen LogP contribution >= 0.6 is 0 Å². The monoisotopic (exact) mass is 323 g/mol. The predicted octanol–water partition coefficient (Wildman–Crippen LogP) is 1.97. The van der Waals surface area contributed by atoms with Gasteiger partial charge in [0.2, 0.25) is 0 Å². The van der Waals surface area contributed by atoms with Crippen molar-refractivity contribution in [2.45, 2.75) is 13.3 Å². The average Bonchev–Trinajstić information content (AvgIpc) is 2.60. The van der Waals surface area contributed by atoms with Gasteiger partial charge in [0.25, 0.3) is 0 Å². The van der Waals surface area contributed by atoms with Crippen molar-refractivity contribution in [1.29, 1.82) is 0 Å². The Morgan fingerprint density at radius 3 is 2.74 bits per heavy atom. The molecule has 128 valence electrons. The first-order valence-corrected chi connectivity index (χ1v) is 8.03. The Balaban J connectivity index is 1.94. The van der Waals surface area contributed by atoms with Gasteiger partial charge in [0.1, 0.15) is 12.2 Å². The van der Waals surface area contributed by atoms with Crippen LogP contribution in [-0.2, 0) is 9.47 Å². The lowest BCUT2D eigenvalue weighted by molar-refractivity contribution is 0.0194. The Morgan fingerprint density at radius 2 is 2.04 bits per heavy atom. The zero-order chi connectivity index (χ0) is 16.5. The molecule has 0 saturated carbocycles. The summed E-state index contributed by atoms with van der Waals surface area (Å²) in [5.74, 6) is 0.609. The molecule has 6 heteroatoms. The molecule has 6 nitrogen and oxygen atoms in total. The Kier molecular flexibility index (Phi) is 7.16. The number of methoxy groups -OCH3 is 1. The minimum Gasteiger partial charge on any atom is -0.493 e. The van der Waals surface area contributed by atoms with Crippen molar-refractivity contribution in [3.05, 3.63) is 23.8 Å². The number of nitrogens with zero attached hydrogens (tertiary/aromatic N) is 1. The van der Waals surface area contributed by atoms with E-state index in [9.17, 15) is 4.79 Å². The van der Waals surface area contributed by atoms with Crippen LogP contribution in [0.25, 0.3) is 0 Å². The van der Waals surface area contributed by atoms with Crippen molar-refractivity contribution >= 4 is 5.97 Å². The number of para-hydroxylation sites is 1. The van der Waals surface area contributed by atoms with E-state index in [1.165, 1.54) is 0 Å². The minimum absolute atomic E-state index is 0.350. The zero-order valence-electron chi connectivity index (χ0n) is 13.9. The third-order valence-corrected chi connectivity index (χ3v) is 3.61. The van der Waals surface area contributed by atoms with Crippen LogP contribution in [0.4, 0.5) is 0 Å². The van der Waals surface area contributed by atoms with Gasteiger partial charge in [0.05, 0.1) is 26.9 Å². The number of carbonyl (C=O) groups is 1. The van der Waals surface area contributed by atoms with E-state index in [1.54, 1.807) is 25.3 Å². The van der Waals surface area contributed by atoms with Crippen molar-refractivity contribution in [2.24, 2.45) is 0 Å². The molecule has 0 spiro atoms. The maximum absolute atomic E-state index is 12.3. The molecule has 0 bridgehead atoms. The van der Waals surface area contributed by atoms with Gasteiger partial charge in [-0.3, -0.25) is 4.90 Å². The molecule has 1 aromatic carbocycles. The third kappa shape index (κ3) is 5.11. The summed E-state index contributed by atoms with van der Waals surface area (Å²) in [5, 5.41) is 0. The predicted molar refractivity (Wildman–Crippen MR) is 86.3 cm³/mol. The van der Waals surface area contributed by atoms with E-state index in [4.69, 9.17) is 18.9 Å². The van der Waals surface area contributed by atoms with Gasteiger partial charge in [0, 0.05) is 19.6 Å². The first-order valence-electron chi connectivity index (χ1n) is 8.03. The van der Waals surface area contributed by atoms with Crippen molar-refractivity contribution in [1.82, 2.24) is 4.90 Å². The van der Waals surface area contributed by atoms with E-state index >= 15 is 0 Å². The number of carbonyl (C=O) groups excluding carboxylic acids is 1. The number of hydrogen-bond donors (Lipinski definition) is 0. The second-order valence-corrected chi connectivity index (χ2v) is 5.28. The molecule has 0 amide bonds. The molecule has 0 atom stereocenters. The molecular formula is C17H25NO5. The second-order valence-electron chi connectivity index (χ2n) is 5.28. The SMILES string of the molecule is CCCOc1c(OC)cccc1C(=O)OCCN1CCOCC1. The van der Waals surface area contributed by atoms with Crippen LogP contribution < -0.4 is 9.47 Å². The summed E-state index contributed by atoms with van der Waals surface area (Å²) >= 11 is 0. The number of hydrogen-bond acceptors (Lipinski definition) is 6. The normalized spacial score (nSPS) is 15.2. The van der Waals surface area contributed by atoms with Crippen LogP contribution in [0.15, 0.2) is 18.2 Å². The van der Waals surface area contributed by atoms with Crippen LogP contribution in [0, 0.1) is 0 Å². The lowest BCUT2D eigenvalue weighted by atomic mass is 10.2. The fourth-order valence-electron chi connectivity index (χ4n) is 2.36. The van der Waals surface area contributed by atoms with E-state index in [1.807, 2.05) is 6.92 Å². The fraction of sp³-hybridized carbons (Fsp3) is 0.588. The van der Waals surface area contributed by atoms with Crippen molar-refractivity contribution in [3.63, 3.8) is 0 Å². The summed E-state index contributed by atoms with van der Waals surface area (Å²) in [6.07, 6.45) is 0.851. The highest BCUT2D eigenvalue weighted by Gasteiger charge is 2.19. The Bertz CT molecular complexity index is 500. The van der Waals surface area contributed by atoms with E-state index < -0.39 is 0 Å². The smallest absolute Gasteiger partial charge is 0.342 e. The lowest BCUT2D eigenvalue weighted by Crippen LogP contribution is -2.38. The Labute approximate surface area is 137 Å². The van der Waals surface area contributed by atoms with Gasteiger partial charge < -0.3 is 18.9 Å². The second kappa shape index (κ2) is 9.37. The molecular weight excluding hydrogens is 298 g/mol. The topological polar surface area (TPSA) is 57.2 Å². The first-order chi connectivity index (χ1) is 11.3. The molecule has 1 aliphatic rings. The Hall–Kier alpha value is -1.79. The lowest BCUT2D eigenvalue weighted by Gasteiger charge is -2.26. The highest BCUT2D eigenvalue weighted by atomic mass is 16.5. The summed E-state index contributed by atoms with van der Waals surface area (Å²) in [4.78, 5) is 14.6. The number of esters is 1. The van der Waals surface area contributed by atoms with Gasteiger partial charge in [0.15, 0.2) is 11.5 Å². The van der Waals surface area contributed by atoms with Crippen molar-refractivity contribution in [3.8, 4) is 11.5 Å². The maximum atomic E-state index is 12.3. The summed E-state index contributed by atoms with van der Waals surface area (Å²) in [7, 11) is 1.56. The largest absolute Gasteiger partial charge is 0.493 e. The molecule has 1 heterocycles. The van der Waals surface area contributed by atoms with Gasteiger partial charge in [-0.05, 0) is 18.6 Å². The van der Waals surface area contributed by atoms with E-state index in [-0.39, 0.29) is 5.97 Å². The Morgan fingerprint density at radius 1 is 1.26 bits per heavy atom. The molecule has 23 heavy (non-hydrogen) atoms. The molecule has 1 saturated heterocycles. The molecule has 0 unspecified atom stereocenters. The molecule has 0 N–H and O–H groups in total. The van der Waals surface area contributed by atoms with Crippen molar-refractivity contribution < 1.29 is 23.7 Å².